The number of nitriles is 1. The van der Waals surface area contributed by atoms with Gasteiger partial charge in [-0.3, -0.25) is 9.69 Å². The maximum Gasteiger partial charge on any atom is 0.270 e. The molecular formula is C30H28BrF2N5O. The quantitative estimate of drug-likeness (QED) is 0.489. The fourth-order valence-corrected chi connectivity index (χ4v) is 6.15. The smallest absolute Gasteiger partial charge is 0.270 e. The van der Waals surface area contributed by atoms with Gasteiger partial charge in [-0.15, -0.1) is 0 Å². The van der Waals surface area contributed by atoms with Gasteiger partial charge >= 0.3 is 0 Å². The molecule has 39 heavy (non-hydrogen) atoms. The molecule has 2 aromatic rings. The van der Waals surface area contributed by atoms with Gasteiger partial charge in [-0.1, -0.05) is 24.3 Å². The van der Waals surface area contributed by atoms with Gasteiger partial charge in [0.1, 0.15) is 29.3 Å². The number of rotatable bonds is 6. The zero-order chi connectivity index (χ0) is 27.1. The number of nitrogens with one attached hydrogen (secondary N) is 1. The average molecular weight is 592 g/mol. The van der Waals surface area contributed by atoms with E-state index >= 15 is 0 Å². The van der Waals surface area contributed by atoms with Crippen molar-refractivity contribution in [2.24, 2.45) is 5.92 Å². The fourth-order valence-electron chi connectivity index (χ4n) is 5.79. The summed E-state index contributed by atoms with van der Waals surface area (Å²) in [6, 6.07) is 14.6. The van der Waals surface area contributed by atoms with E-state index < -0.39 is 0 Å². The van der Waals surface area contributed by atoms with E-state index in [2.05, 4.69) is 37.1 Å². The Morgan fingerprint density at radius 3 is 2.08 bits per heavy atom. The molecule has 3 aliphatic heterocycles. The number of carbonyl (C=O) groups is 1. The van der Waals surface area contributed by atoms with Gasteiger partial charge in [0.25, 0.3) is 5.91 Å². The van der Waals surface area contributed by atoms with E-state index in [0.29, 0.717) is 44.3 Å². The lowest BCUT2D eigenvalue weighted by Gasteiger charge is -2.46. The van der Waals surface area contributed by atoms with Crippen LogP contribution >= 0.6 is 15.9 Å². The Bertz CT molecular complexity index is 1350. The van der Waals surface area contributed by atoms with Crippen molar-refractivity contribution in [3.63, 3.8) is 0 Å². The number of amides is 1. The molecule has 4 aliphatic rings. The van der Waals surface area contributed by atoms with E-state index in [1.807, 2.05) is 12.2 Å². The first-order valence-electron chi connectivity index (χ1n) is 13.2. The van der Waals surface area contributed by atoms with Crippen LogP contribution in [0.4, 0.5) is 8.78 Å². The standard InChI is InChI=1S/C30H28BrF2N5O/c31-26-12-11-25-27(35-26)29(24(17-34)30(39)38(25)18-19-1-2-19)37-15-13-36(14-16-37)28(20-3-7-22(32)8-4-20)21-5-9-23(33)10-6-21/h3-12,19,27-28,35H,1-2,13-16,18H2. The molecule has 3 heterocycles. The number of piperazine rings is 1. The first-order valence-corrected chi connectivity index (χ1v) is 14.0. The third kappa shape index (κ3) is 5.11. The van der Waals surface area contributed by atoms with Crippen molar-refractivity contribution >= 4 is 21.8 Å². The lowest BCUT2D eigenvalue weighted by atomic mass is 9.93. The highest BCUT2D eigenvalue weighted by atomic mass is 79.9. The summed E-state index contributed by atoms with van der Waals surface area (Å²) >= 11 is 3.55. The molecule has 0 bridgehead atoms. The summed E-state index contributed by atoms with van der Waals surface area (Å²) in [5.41, 5.74) is 3.62. The molecule has 1 saturated carbocycles. The summed E-state index contributed by atoms with van der Waals surface area (Å²) in [5, 5.41) is 13.6. The van der Waals surface area contributed by atoms with Crippen LogP contribution in [0.5, 0.6) is 0 Å². The van der Waals surface area contributed by atoms with Crippen LogP contribution in [0.2, 0.25) is 0 Å². The van der Waals surface area contributed by atoms with E-state index in [0.717, 1.165) is 34.3 Å². The largest absolute Gasteiger partial charge is 0.369 e. The Hall–Kier alpha value is -3.48. The fraction of sp³-hybridized carbons (Fsp3) is 0.333. The van der Waals surface area contributed by atoms with Crippen molar-refractivity contribution in [3.8, 4) is 6.07 Å². The van der Waals surface area contributed by atoms with Crippen LogP contribution in [0, 0.1) is 28.9 Å². The molecule has 1 saturated heterocycles. The van der Waals surface area contributed by atoms with Crippen LogP contribution in [-0.2, 0) is 4.79 Å². The normalized spacial score (nSPS) is 21.8. The number of benzene rings is 2. The zero-order valence-electron chi connectivity index (χ0n) is 21.3. The van der Waals surface area contributed by atoms with Crippen LogP contribution < -0.4 is 5.32 Å². The predicted molar refractivity (Wildman–Crippen MR) is 147 cm³/mol. The summed E-state index contributed by atoms with van der Waals surface area (Å²) in [7, 11) is 0. The highest BCUT2D eigenvalue weighted by molar-refractivity contribution is 9.11. The number of hydrogen-bond acceptors (Lipinski definition) is 5. The second kappa shape index (κ2) is 10.6. The van der Waals surface area contributed by atoms with Gasteiger partial charge in [-0.2, -0.15) is 5.26 Å². The van der Waals surface area contributed by atoms with Crippen molar-refractivity contribution in [1.82, 2.24) is 20.0 Å². The second-order valence-corrected chi connectivity index (χ2v) is 11.3. The molecule has 2 aromatic carbocycles. The van der Waals surface area contributed by atoms with E-state index in [4.69, 9.17) is 0 Å². The van der Waals surface area contributed by atoms with Gasteiger partial charge in [0.2, 0.25) is 0 Å². The number of dihydropyridines is 1. The molecule has 1 N–H and O–H groups in total. The van der Waals surface area contributed by atoms with Crippen molar-refractivity contribution in [1.29, 1.82) is 5.26 Å². The number of allylic oxidation sites excluding steroid dienone is 2. The third-order valence-corrected chi connectivity index (χ3v) is 8.41. The molecule has 9 heteroatoms. The molecule has 200 valence electrons. The number of hydrogen-bond donors (Lipinski definition) is 1. The number of fused-ring (bicyclic) bond motifs is 1. The molecule has 1 atom stereocenters. The molecule has 0 spiro atoms. The lowest BCUT2D eigenvalue weighted by molar-refractivity contribution is -0.126. The molecule has 1 unspecified atom stereocenters. The second-order valence-electron chi connectivity index (χ2n) is 10.4. The Kier molecular flexibility index (Phi) is 7.00. The maximum absolute atomic E-state index is 13.7. The highest BCUT2D eigenvalue weighted by Crippen LogP contribution is 2.38. The number of halogens is 3. The van der Waals surface area contributed by atoms with Crippen molar-refractivity contribution in [2.45, 2.75) is 24.9 Å². The molecule has 6 nitrogen and oxygen atoms in total. The number of nitrogens with zero attached hydrogens (tertiary/aromatic N) is 4. The maximum atomic E-state index is 13.7. The Morgan fingerprint density at radius 2 is 1.54 bits per heavy atom. The van der Waals surface area contributed by atoms with Crippen LogP contribution in [-0.4, -0.2) is 59.4 Å². The summed E-state index contributed by atoms with van der Waals surface area (Å²) in [6.45, 7) is 3.12. The van der Waals surface area contributed by atoms with Crippen molar-refractivity contribution in [2.75, 3.05) is 32.7 Å². The highest BCUT2D eigenvalue weighted by Gasteiger charge is 2.43. The molecule has 0 radical (unpaired) electrons. The SMILES string of the molecule is N#CC1=C(N2CCN(C(c3ccc(F)cc3)c3ccc(F)cc3)CC2)C2NC(Br)=CC=C2N(CC2CC2)C1=O. The van der Waals surface area contributed by atoms with Gasteiger partial charge < -0.3 is 15.1 Å². The molecule has 0 aromatic heterocycles. The lowest BCUT2D eigenvalue weighted by Crippen LogP contribution is -2.56. The van der Waals surface area contributed by atoms with Crippen molar-refractivity contribution in [3.05, 3.63) is 105 Å². The summed E-state index contributed by atoms with van der Waals surface area (Å²) in [5.74, 6) is -0.351. The monoisotopic (exact) mass is 591 g/mol. The molecule has 6 rings (SSSR count). The topological polar surface area (TPSA) is 62.6 Å². The summed E-state index contributed by atoms with van der Waals surface area (Å²) in [4.78, 5) is 19.8. The van der Waals surface area contributed by atoms with Crippen LogP contribution in [0.25, 0.3) is 0 Å². The number of carbonyl (C=O) groups excluding carboxylic acids is 1. The van der Waals surface area contributed by atoms with E-state index in [-0.39, 0.29) is 35.2 Å². The first-order chi connectivity index (χ1) is 18.9. The van der Waals surface area contributed by atoms with Gasteiger partial charge in [0.05, 0.1) is 16.3 Å². The van der Waals surface area contributed by atoms with E-state index in [9.17, 15) is 18.8 Å². The molecule has 1 amide bonds. The Balaban J connectivity index is 1.29. The minimum Gasteiger partial charge on any atom is -0.369 e. The summed E-state index contributed by atoms with van der Waals surface area (Å²) < 4.78 is 28.2. The first kappa shape index (κ1) is 25.8. The van der Waals surface area contributed by atoms with Gasteiger partial charge in [0, 0.05) is 38.4 Å². The van der Waals surface area contributed by atoms with Crippen LogP contribution in [0.15, 0.2) is 82.3 Å². The summed E-state index contributed by atoms with van der Waals surface area (Å²) in [6.07, 6.45) is 6.09. The van der Waals surface area contributed by atoms with Crippen molar-refractivity contribution < 1.29 is 13.6 Å². The van der Waals surface area contributed by atoms with E-state index in [1.165, 1.54) is 24.3 Å². The minimum absolute atomic E-state index is 0.180. The molecule has 1 aliphatic carbocycles. The van der Waals surface area contributed by atoms with Crippen LogP contribution in [0.1, 0.15) is 30.0 Å². The van der Waals surface area contributed by atoms with E-state index in [1.54, 1.807) is 29.2 Å². The molecular weight excluding hydrogens is 564 g/mol. The molecule has 2 fully saturated rings. The third-order valence-electron chi connectivity index (χ3n) is 7.92. The van der Waals surface area contributed by atoms with Gasteiger partial charge in [0.15, 0.2) is 0 Å². The van der Waals surface area contributed by atoms with Gasteiger partial charge in [-0.25, -0.2) is 8.78 Å². The van der Waals surface area contributed by atoms with Gasteiger partial charge in [-0.05, 0) is 82.2 Å². The Morgan fingerprint density at radius 1 is 0.949 bits per heavy atom. The minimum atomic E-state index is -0.306. The Labute approximate surface area is 235 Å². The van der Waals surface area contributed by atoms with Crippen LogP contribution in [0.3, 0.4) is 0 Å². The zero-order valence-corrected chi connectivity index (χ0v) is 22.9. The average Bonchev–Trinajstić information content (AvgIpc) is 3.77. The predicted octanol–water partition coefficient (Wildman–Crippen LogP) is 4.79.